The number of hydrogen-bond acceptors (Lipinski definition) is 4. The molecule has 2 aromatic rings. The molecule has 8 heteroatoms. The first kappa shape index (κ1) is 15.0. The maximum atomic E-state index is 12.2. The minimum atomic E-state index is -3.80. The van der Waals surface area contributed by atoms with Crippen molar-refractivity contribution in [1.29, 1.82) is 0 Å². The number of hydrogen-bond donors (Lipinski definition) is 3. The standard InChI is InChI=1S/C12H14BrN3O3S/c1-7-3-10(4-8(2)11(7)13)16-20(18,19)12-9(6-17)5-14-15-12/h3-5,16-17H,6H2,1-2H3,(H,14,15). The zero-order valence-corrected chi connectivity index (χ0v) is 13.3. The number of aliphatic hydroxyl groups is 1. The van der Waals surface area contributed by atoms with Gasteiger partial charge in [-0.2, -0.15) is 13.5 Å². The number of anilines is 1. The fraction of sp³-hybridized carbons (Fsp3) is 0.250. The maximum absolute atomic E-state index is 12.2. The number of nitrogens with zero attached hydrogens (tertiary/aromatic N) is 1. The number of aromatic amines is 1. The summed E-state index contributed by atoms with van der Waals surface area (Å²) in [6.45, 7) is 3.36. The van der Waals surface area contributed by atoms with Gasteiger partial charge < -0.3 is 5.11 Å². The number of benzene rings is 1. The van der Waals surface area contributed by atoms with Gasteiger partial charge in [0.25, 0.3) is 10.0 Å². The van der Waals surface area contributed by atoms with E-state index >= 15 is 0 Å². The Morgan fingerprint density at radius 2 is 1.95 bits per heavy atom. The molecular weight excluding hydrogens is 346 g/mol. The second-order valence-corrected chi connectivity index (χ2v) is 6.82. The molecule has 0 radical (unpaired) electrons. The third-order valence-corrected chi connectivity index (χ3v) is 5.45. The summed E-state index contributed by atoms with van der Waals surface area (Å²) in [6, 6.07) is 3.45. The van der Waals surface area contributed by atoms with Crippen molar-refractivity contribution in [2.45, 2.75) is 25.5 Å². The van der Waals surface area contributed by atoms with Crippen LogP contribution in [0.1, 0.15) is 16.7 Å². The van der Waals surface area contributed by atoms with Gasteiger partial charge in [-0.1, -0.05) is 15.9 Å². The average Bonchev–Trinajstić information content (AvgIpc) is 2.84. The van der Waals surface area contributed by atoms with Gasteiger partial charge in [0.15, 0.2) is 5.03 Å². The minimum Gasteiger partial charge on any atom is -0.392 e. The maximum Gasteiger partial charge on any atom is 0.279 e. The van der Waals surface area contributed by atoms with E-state index in [9.17, 15) is 8.42 Å². The smallest absolute Gasteiger partial charge is 0.279 e. The van der Waals surface area contributed by atoms with Gasteiger partial charge in [-0.25, -0.2) is 0 Å². The number of H-pyrrole nitrogens is 1. The third-order valence-electron chi connectivity index (χ3n) is 2.81. The summed E-state index contributed by atoms with van der Waals surface area (Å²) in [5.41, 5.74) is 2.54. The van der Waals surface area contributed by atoms with Crippen LogP contribution in [-0.2, 0) is 16.6 Å². The molecule has 1 aromatic carbocycles. The zero-order chi connectivity index (χ0) is 14.9. The van der Waals surface area contributed by atoms with Gasteiger partial charge in [0.1, 0.15) is 0 Å². The van der Waals surface area contributed by atoms with Crippen molar-refractivity contribution >= 4 is 31.6 Å². The van der Waals surface area contributed by atoms with E-state index in [1.165, 1.54) is 6.20 Å². The first-order chi connectivity index (χ1) is 9.35. The van der Waals surface area contributed by atoms with Crippen LogP contribution in [0.25, 0.3) is 0 Å². The van der Waals surface area contributed by atoms with E-state index in [0.717, 1.165) is 15.6 Å². The molecule has 0 amide bonds. The highest BCUT2D eigenvalue weighted by Crippen LogP contribution is 2.26. The molecule has 3 N–H and O–H groups in total. The Morgan fingerprint density at radius 3 is 2.50 bits per heavy atom. The summed E-state index contributed by atoms with van der Waals surface area (Å²) in [7, 11) is -3.80. The molecular formula is C12H14BrN3O3S. The normalized spacial score (nSPS) is 11.6. The predicted octanol–water partition coefficient (Wildman–Crippen LogP) is 2.08. The van der Waals surface area contributed by atoms with Gasteiger partial charge in [0, 0.05) is 15.7 Å². The monoisotopic (exact) mass is 359 g/mol. The molecule has 2 rings (SSSR count). The molecule has 0 aliphatic carbocycles. The average molecular weight is 360 g/mol. The van der Waals surface area contributed by atoms with E-state index in [4.69, 9.17) is 5.11 Å². The highest BCUT2D eigenvalue weighted by atomic mass is 79.9. The van der Waals surface area contributed by atoms with Crippen LogP contribution >= 0.6 is 15.9 Å². The van der Waals surface area contributed by atoms with Gasteiger partial charge in [0.2, 0.25) is 0 Å². The molecule has 6 nitrogen and oxygen atoms in total. The molecule has 0 saturated carbocycles. The summed E-state index contributed by atoms with van der Waals surface area (Å²) < 4.78 is 27.9. The molecule has 0 fully saturated rings. The van der Waals surface area contributed by atoms with Crippen LogP contribution in [0.3, 0.4) is 0 Å². The van der Waals surface area contributed by atoms with E-state index in [0.29, 0.717) is 5.69 Å². The molecule has 20 heavy (non-hydrogen) atoms. The quantitative estimate of drug-likeness (QED) is 0.778. The first-order valence-electron chi connectivity index (χ1n) is 5.78. The van der Waals surface area contributed by atoms with E-state index in [-0.39, 0.29) is 10.6 Å². The molecule has 0 bridgehead atoms. The van der Waals surface area contributed by atoms with Crippen molar-refractivity contribution in [1.82, 2.24) is 10.2 Å². The van der Waals surface area contributed by atoms with Gasteiger partial charge in [0.05, 0.1) is 12.8 Å². The lowest BCUT2D eigenvalue weighted by atomic mass is 10.1. The van der Waals surface area contributed by atoms with Crippen LogP contribution in [0.2, 0.25) is 0 Å². The zero-order valence-electron chi connectivity index (χ0n) is 10.9. The molecule has 0 atom stereocenters. The van der Waals surface area contributed by atoms with E-state index in [1.807, 2.05) is 13.8 Å². The van der Waals surface area contributed by atoms with Crippen LogP contribution < -0.4 is 4.72 Å². The molecule has 0 aliphatic rings. The third kappa shape index (κ3) is 2.87. The molecule has 1 aromatic heterocycles. The Balaban J connectivity index is 2.39. The lowest BCUT2D eigenvalue weighted by molar-refractivity contribution is 0.278. The van der Waals surface area contributed by atoms with E-state index in [2.05, 4.69) is 30.8 Å². The summed E-state index contributed by atoms with van der Waals surface area (Å²) >= 11 is 3.43. The number of sulfonamides is 1. The summed E-state index contributed by atoms with van der Waals surface area (Å²) in [5, 5.41) is 15.0. The van der Waals surface area contributed by atoms with Crippen molar-refractivity contribution in [2.75, 3.05) is 4.72 Å². The number of aromatic nitrogens is 2. The fourth-order valence-electron chi connectivity index (χ4n) is 1.86. The Labute approximate surface area is 125 Å². The largest absolute Gasteiger partial charge is 0.392 e. The van der Waals surface area contributed by atoms with Crippen LogP contribution in [0.5, 0.6) is 0 Å². The highest BCUT2D eigenvalue weighted by molar-refractivity contribution is 9.10. The number of nitrogens with one attached hydrogen (secondary N) is 2. The van der Waals surface area contributed by atoms with Crippen LogP contribution in [0.15, 0.2) is 27.8 Å². The second-order valence-electron chi connectivity index (χ2n) is 4.41. The molecule has 0 spiro atoms. The highest BCUT2D eigenvalue weighted by Gasteiger charge is 2.21. The number of halogens is 1. The van der Waals surface area contributed by atoms with Crippen LogP contribution in [0.4, 0.5) is 5.69 Å². The van der Waals surface area contributed by atoms with Gasteiger partial charge in [-0.05, 0) is 37.1 Å². The number of aryl methyl sites for hydroxylation is 2. The number of aliphatic hydroxyl groups excluding tert-OH is 1. The van der Waals surface area contributed by atoms with Crippen LogP contribution in [-0.4, -0.2) is 23.7 Å². The summed E-state index contributed by atoms with van der Waals surface area (Å²) in [4.78, 5) is 0. The lowest BCUT2D eigenvalue weighted by Crippen LogP contribution is -2.15. The van der Waals surface area contributed by atoms with Crippen LogP contribution in [0, 0.1) is 13.8 Å². The van der Waals surface area contributed by atoms with Crippen molar-refractivity contribution < 1.29 is 13.5 Å². The second kappa shape index (κ2) is 5.55. The van der Waals surface area contributed by atoms with Crippen molar-refractivity contribution in [3.05, 3.63) is 39.5 Å². The Kier molecular flexibility index (Phi) is 4.17. The van der Waals surface area contributed by atoms with E-state index < -0.39 is 16.6 Å². The minimum absolute atomic E-state index is 0.127. The Morgan fingerprint density at radius 1 is 1.35 bits per heavy atom. The molecule has 0 saturated heterocycles. The van der Waals surface area contributed by atoms with E-state index in [1.54, 1.807) is 12.1 Å². The van der Waals surface area contributed by atoms with Crippen molar-refractivity contribution in [2.24, 2.45) is 0 Å². The summed E-state index contributed by atoms with van der Waals surface area (Å²) in [5.74, 6) is 0. The molecule has 0 aliphatic heterocycles. The molecule has 108 valence electrons. The Hall–Kier alpha value is -1.38. The van der Waals surface area contributed by atoms with Gasteiger partial charge in [-0.15, -0.1) is 0 Å². The SMILES string of the molecule is Cc1cc(NS(=O)(=O)c2[nH]ncc2CO)cc(C)c1Br. The molecule has 1 heterocycles. The van der Waals surface area contributed by atoms with Crippen molar-refractivity contribution in [3.63, 3.8) is 0 Å². The number of rotatable bonds is 4. The lowest BCUT2D eigenvalue weighted by Gasteiger charge is -2.11. The Bertz CT molecular complexity index is 717. The molecule has 0 unspecified atom stereocenters. The topological polar surface area (TPSA) is 95.1 Å². The van der Waals surface area contributed by atoms with Gasteiger partial charge >= 0.3 is 0 Å². The first-order valence-corrected chi connectivity index (χ1v) is 8.05. The van der Waals surface area contributed by atoms with Crippen molar-refractivity contribution in [3.8, 4) is 0 Å². The van der Waals surface area contributed by atoms with Gasteiger partial charge in [-0.3, -0.25) is 9.82 Å². The fourth-order valence-corrected chi connectivity index (χ4v) is 3.25. The summed E-state index contributed by atoms with van der Waals surface area (Å²) in [6.07, 6.45) is 1.28. The predicted molar refractivity (Wildman–Crippen MR) is 78.9 cm³/mol.